The number of hydrogen-bond acceptors (Lipinski definition) is 7. The molecule has 1 N–H and O–H groups in total. The molecule has 3 aromatic rings. The first-order valence-corrected chi connectivity index (χ1v) is 9.77. The third kappa shape index (κ3) is 4.99. The van der Waals surface area contributed by atoms with Crippen molar-refractivity contribution in [2.24, 2.45) is 0 Å². The molecule has 0 radical (unpaired) electrons. The van der Waals surface area contributed by atoms with Gasteiger partial charge in [-0.3, -0.25) is 14.9 Å². The van der Waals surface area contributed by atoms with Crippen LogP contribution in [0.5, 0.6) is 5.75 Å². The van der Waals surface area contributed by atoms with Crippen molar-refractivity contribution in [3.05, 3.63) is 71.9 Å². The average Bonchev–Trinajstić information content (AvgIpc) is 3.11. The molecule has 2 aromatic carbocycles. The number of thiazole rings is 1. The molecule has 138 valence electrons. The summed E-state index contributed by atoms with van der Waals surface area (Å²) in [5.41, 5.74) is 0.939. The van der Waals surface area contributed by atoms with Gasteiger partial charge in [-0.05, 0) is 17.7 Å². The predicted octanol–water partition coefficient (Wildman–Crippen LogP) is 2.51. The van der Waals surface area contributed by atoms with Gasteiger partial charge in [-0.2, -0.15) is 0 Å². The molecule has 0 bridgehead atoms. The summed E-state index contributed by atoms with van der Waals surface area (Å²) in [6.45, 7) is 0. The maximum absolute atomic E-state index is 12.5. The quantitative estimate of drug-likeness (QED) is 0.373. The van der Waals surface area contributed by atoms with E-state index in [4.69, 9.17) is 4.74 Å². The molecule has 0 atom stereocenters. The molecular formula is C18H14N2O5S2. The van der Waals surface area contributed by atoms with Crippen LogP contribution in [0.3, 0.4) is 0 Å². The SMILES string of the molecule is O=C(Cc1ccccc1)Oc1ccccc1C(=O)Nc1ncc([SH](=O)=O)s1. The lowest BCUT2D eigenvalue weighted by molar-refractivity contribution is -0.133. The summed E-state index contributed by atoms with van der Waals surface area (Å²) in [4.78, 5) is 28.5. The maximum Gasteiger partial charge on any atom is 0.315 e. The Morgan fingerprint density at radius 1 is 1.04 bits per heavy atom. The Bertz CT molecular complexity index is 1040. The van der Waals surface area contributed by atoms with E-state index >= 15 is 0 Å². The minimum absolute atomic E-state index is 0.0443. The van der Waals surface area contributed by atoms with E-state index in [2.05, 4.69) is 10.3 Å². The first-order valence-electron chi connectivity index (χ1n) is 7.78. The Balaban J connectivity index is 1.72. The zero-order valence-electron chi connectivity index (χ0n) is 13.8. The van der Waals surface area contributed by atoms with E-state index in [-0.39, 0.29) is 27.1 Å². The van der Waals surface area contributed by atoms with E-state index in [0.717, 1.165) is 23.1 Å². The van der Waals surface area contributed by atoms with Gasteiger partial charge in [-0.25, -0.2) is 13.4 Å². The van der Waals surface area contributed by atoms with Crippen LogP contribution >= 0.6 is 11.3 Å². The Morgan fingerprint density at radius 2 is 1.74 bits per heavy atom. The normalized spacial score (nSPS) is 10.6. The summed E-state index contributed by atoms with van der Waals surface area (Å²) in [5.74, 6) is -0.941. The smallest absolute Gasteiger partial charge is 0.315 e. The van der Waals surface area contributed by atoms with Gasteiger partial charge in [0.1, 0.15) is 9.96 Å². The van der Waals surface area contributed by atoms with Gasteiger partial charge in [0.2, 0.25) is 0 Å². The highest BCUT2D eigenvalue weighted by molar-refractivity contribution is 7.75. The number of benzene rings is 2. The van der Waals surface area contributed by atoms with Gasteiger partial charge in [-0.1, -0.05) is 53.8 Å². The van der Waals surface area contributed by atoms with Gasteiger partial charge in [0.25, 0.3) is 5.91 Å². The topological polar surface area (TPSA) is 102 Å². The highest BCUT2D eigenvalue weighted by Gasteiger charge is 2.17. The fourth-order valence-electron chi connectivity index (χ4n) is 2.24. The van der Waals surface area contributed by atoms with Crippen LogP contribution in [0.1, 0.15) is 15.9 Å². The van der Waals surface area contributed by atoms with Crippen LogP contribution in [-0.2, 0) is 21.9 Å². The van der Waals surface area contributed by atoms with E-state index in [1.165, 1.54) is 12.1 Å². The maximum atomic E-state index is 12.5. The van der Waals surface area contributed by atoms with E-state index in [1.807, 2.05) is 18.2 Å². The zero-order valence-corrected chi connectivity index (χ0v) is 15.5. The van der Waals surface area contributed by atoms with Crippen LogP contribution < -0.4 is 10.1 Å². The third-order valence-electron chi connectivity index (χ3n) is 3.44. The van der Waals surface area contributed by atoms with E-state index in [1.54, 1.807) is 24.3 Å². The van der Waals surface area contributed by atoms with Crippen LogP contribution in [-0.4, -0.2) is 25.3 Å². The molecule has 0 saturated heterocycles. The van der Waals surface area contributed by atoms with Gasteiger partial charge in [-0.15, -0.1) is 0 Å². The number of esters is 1. The third-order valence-corrected chi connectivity index (χ3v) is 5.35. The van der Waals surface area contributed by atoms with E-state index < -0.39 is 22.6 Å². The second-order valence-corrected chi connectivity index (χ2v) is 7.68. The summed E-state index contributed by atoms with van der Waals surface area (Å²) in [6.07, 6.45) is 1.24. The Hall–Kier alpha value is -3.04. The van der Waals surface area contributed by atoms with E-state index in [0.29, 0.717) is 0 Å². The lowest BCUT2D eigenvalue weighted by Gasteiger charge is -2.09. The van der Waals surface area contributed by atoms with Crippen molar-refractivity contribution in [3.8, 4) is 5.75 Å². The summed E-state index contributed by atoms with van der Waals surface area (Å²) in [7, 11) is -2.76. The summed E-state index contributed by atoms with van der Waals surface area (Å²) >= 11 is 0.839. The Labute approximate surface area is 160 Å². The molecule has 27 heavy (non-hydrogen) atoms. The first-order chi connectivity index (χ1) is 13.0. The summed E-state index contributed by atoms with van der Waals surface area (Å²) in [5, 5.41) is 2.65. The van der Waals surface area contributed by atoms with Crippen molar-refractivity contribution >= 4 is 39.0 Å². The van der Waals surface area contributed by atoms with Gasteiger partial charge >= 0.3 is 5.97 Å². The van der Waals surface area contributed by atoms with Gasteiger partial charge < -0.3 is 4.74 Å². The molecule has 9 heteroatoms. The molecule has 1 heterocycles. The largest absolute Gasteiger partial charge is 0.425 e. The van der Waals surface area contributed by atoms with Crippen molar-refractivity contribution < 1.29 is 22.7 Å². The van der Waals surface area contributed by atoms with Gasteiger partial charge in [0.05, 0.1) is 18.2 Å². The second kappa shape index (κ2) is 8.56. The van der Waals surface area contributed by atoms with Gasteiger partial charge in [0, 0.05) is 0 Å². The van der Waals surface area contributed by atoms with Crippen LogP contribution in [0, 0.1) is 0 Å². The molecule has 0 aliphatic rings. The number of rotatable bonds is 6. The van der Waals surface area contributed by atoms with Crippen LogP contribution in [0.15, 0.2) is 65.0 Å². The Morgan fingerprint density at radius 3 is 2.44 bits per heavy atom. The number of carbonyl (C=O) groups excluding carboxylic acids is 2. The zero-order chi connectivity index (χ0) is 19.2. The van der Waals surface area contributed by atoms with Gasteiger partial charge in [0.15, 0.2) is 15.8 Å². The van der Waals surface area contributed by atoms with Crippen LogP contribution in [0.2, 0.25) is 0 Å². The number of ether oxygens (including phenoxy) is 1. The molecule has 0 saturated carbocycles. The molecule has 0 fully saturated rings. The molecule has 1 aromatic heterocycles. The average molecular weight is 402 g/mol. The molecule has 1 amide bonds. The minimum atomic E-state index is -2.76. The van der Waals surface area contributed by atoms with Crippen molar-refractivity contribution in [2.75, 3.05) is 5.32 Å². The first kappa shape index (κ1) is 18.7. The highest BCUT2D eigenvalue weighted by atomic mass is 32.2. The molecule has 0 unspecified atom stereocenters. The van der Waals surface area contributed by atoms with Crippen molar-refractivity contribution in [1.29, 1.82) is 0 Å². The summed E-state index contributed by atoms with van der Waals surface area (Å²) < 4.78 is 27.2. The molecule has 0 aliphatic carbocycles. The standard InChI is InChI=1S/C18H14N2O5S2/c21-15(10-12-6-2-1-3-7-12)25-14-9-5-4-8-13(14)17(22)20-18-19-11-16(26-18)27(23)24/h1-9,11,27H,10H2,(H,19,20,22). The predicted molar refractivity (Wildman–Crippen MR) is 101 cm³/mol. The molecule has 7 nitrogen and oxygen atoms in total. The van der Waals surface area contributed by atoms with Crippen molar-refractivity contribution in [2.45, 2.75) is 10.6 Å². The number of nitrogens with one attached hydrogen (secondary N) is 1. The molecule has 3 rings (SSSR count). The molecule has 0 aliphatic heterocycles. The summed E-state index contributed by atoms with van der Waals surface area (Å²) in [6, 6.07) is 15.4. The lowest BCUT2D eigenvalue weighted by Crippen LogP contribution is -2.17. The monoisotopic (exact) mass is 402 g/mol. The highest BCUT2D eigenvalue weighted by Crippen LogP contribution is 2.23. The number of hydrogen-bond donors (Lipinski definition) is 2. The number of carbonyl (C=O) groups is 2. The van der Waals surface area contributed by atoms with Crippen molar-refractivity contribution in [1.82, 2.24) is 4.98 Å². The number of aromatic nitrogens is 1. The van der Waals surface area contributed by atoms with E-state index in [9.17, 15) is 18.0 Å². The lowest BCUT2D eigenvalue weighted by atomic mass is 10.1. The number of anilines is 1. The number of amides is 1. The molecule has 0 spiro atoms. The van der Waals surface area contributed by atoms with Crippen LogP contribution in [0.25, 0.3) is 0 Å². The van der Waals surface area contributed by atoms with Crippen LogP contribution in [0.4, 0.5) is 5.13 Å². The number of para-hydroxylation sites is 1. The molecular weight excluding hydrogens is 388 g/mol. The van der Waals surface area contributed by atoms with Crippen molar-refractivity contribution in [3.63, 3.8) is 0 Å². The number of nitrogens with zero attached hydrogens (tertiary/aromatic N) is 1. The fourth-order valence-corrected chi connectivity index (χ4v) is 3.50. The minimum Gasteiger partial charge on any atom is -0.425 e. The number of thiol groups is 1. The fraction of sp³-hybridized carbons (Fsp3) is 0.0556. The second-order valence-electron chi connectivity index (χ2n) is 5.35. The Kier molecular flexibility index (Phi) is 5.94.